The Bertz CT molecular complexity index is 423. The molecule has 0 unspecified atom stereocenters. The molecule has 90 valence electrons. The van der Waals surface area contributed by atoms with Crippen molar-refractivity contribution in [3.05, 3.63) is 18.1 Å². The summed E-state index contributed by atoms with van der Waals surface area (Å²) >= 11 is 0. The molecule has 3 nitrogen and oxygen atoms in total. The minimum absolute atomic E-state index is 0.817. The molecule has 3 heteroatoms. The highest BCUT2D eigenvalue weighted by molar-refractivity contribution is 5.41. The third-order valence-corrected chi connectivity index (χ3v) is 3.19. The molecule has 0 aromatic carbocycles. The summed E-state index contributed by atoms with van der Waals surface area (Å²) in [6.45, 7) is 0. The first-order chi connectivity index (χ1) is 8.25. The van der Waals surface area contributed by atoms with Crippen molar-refractivity contribution in [3.8, 4) is 11.8 Å². The Kier molecular flexibility index (Phi) is 3.98. The third-order valence-electron chi connectivity index (χ3n) is 3.19. The van der Waals surface area contributed by atoms with Crippen LogP contribution in [-0.4, -0.2) is 24.1 Å². The summed E-state index contributed by atoms with van der Waals surface area (Å²) in [6.07, 6.45) is 8.05. The van der Waals surface area contributed by atoms with E-state index in [1.54, 1.807) is 6.33 Å². The van der Waals surface area contributed by atoms with E-state index in [1.807, 2.05) is 25.1 Å². The van der Waals surface area contributed by atoms with E-state index in [2.05, 4.69) is 21.8 Å². The monoisotopic (exact) mass is 229 g/mol. The minimum atomic E-state index is 0.817. The van der Waals surface area contributed by atoms with Gasteiger partial charge in [0.2, 0.25) is 0 Å². The van der Waals surface area contributed by atoms with Crippen LogP contribution in [0.15, 0.2) is 12.4 Å². The van der Waals surface area contributed by atoms with Crippen molar-refractivity contribution < 1.29 is 0 Å². The highest BCUT2D eigenvalue weighted by Gasteiger charge is 2.12. The molecule has 0 radical (unpaired) electrons. The van der Waals surface area contributed by atoms with Crippen molar-refractivity contribution in [2.24, 2.45) is 5.92 Å². The molecule has 0 bridgehead atoms. The molecule has 0 atom stereocenters. The van der Waals surface area contributed by atoms with Gasteiger partial charge in [-0.3, -0.25) is 0 Å². The number of anilines is 1. The van der Waals surface area contributed by atoms with Gasteiger partial charge in [0.25, 0.3) is 0 Å². The molecule has 17 heavy (non-hydrogen) atoms. The van der Waals surface area contributed by atoms with Crippen molar-refractivity contribution in [1.29, 1.82) is 0 Å². The lowest BCUT2D eigenvalue weighted by molar-refractivity contribution is 0.566. The maximum Gasteiger partial charge on any atom is 0.132 e. The topological polar surface area (TPSA) is 29.0 Å². The van der Waals surface area contributed by atoms with Crippen LogP contribution in [0.25, 0.3) is 0 Å². The summed E-state index contributed by atoms with van der Waals surface area (Å²) < 4.78 is 0. The van der Waals surface area contributed by atoms with E-state index in [4.69, 9.17) is 0 Å². The lowest BCUT2D eigenvalue weighted by Gasteiger charge is -2.09. The summed E-state index contributed by atoms with van der Waals surface area (Å²) in [6, 6.07) is 1.93. The van der Waals surface area contributed by atoms with Crippen LogP contribution in [0.3, 0.4) is 0 Å². The summed E-state index contributed by atoms with van der Waals surface area (Å²) in [4.78, 5) is 10.3. The normalized spacial score (nSPS) is 15.4. The molecule has 1 fully saturated rings. The Morgan fingerprint density at radius 3 is 2.76 bits per heavy atom. The average molecular weight is 229 g/mol. The average Bonchev–Trinajstić information content (AvgIpc) is 2.82. The predicted octanol–water partition coefficient (Wildman–Crippen LogP) is 2.47. The number of aromatic nitrogens is 2. The molecule has 1 aromatic heterocycles. The van der Waals surface area contributed by atoms with Crippen LogP contribution in [0, 0.1) is 17.8 Å². The first-order valence-corrected chi connectivity index (χ1v) is 6.24. The zero-order chi connectivity index (χ0) is 12.1. The van der Waals surface area contributed by atoms with Gasteiger partial charge in [-0.1, -0.05) is 18.8 Å². The first-order valence-electron chi connectivity index (χ1n) is 6.24. The van der Waals surface area contributed by atoms with Gasteiger partial charge in [0.1, 0.15) is 17.8 Å². The molecular weight excluding hydrogens is 210 g/mol. The predicted molar refractivity (Wildman–Crippen MR) is 69.8 cm³/mol. The van der Waals surface area contributed by atoms with E-state index in [9.17, 15) is 0 Å². The molecule has 0 N–H and O–H groups in total. The molecule has 1 saturated carbocycles. The molecule has 2 rings (SSSR count). The Balaban J connectivity index is 1.97. The summed E-state index contributed by atoms with van der Waals surface area (Å²) in [5, 5.41) is 0. The highest BCUT2D eigenvalue weighted by atomic mass is 15.1. The molecule has 1 heterocycles. The Labute approximate surface area is 103 Å². The lowest BCUT2D eigenvalue weighted by atomic mass is 10.1. The van der Waals surface area contributed by atoms with Crippen molar-refractivity contribution in [1.82, 2.24) is 9.97 Å². The summed E-state index contributed by atoms with van der Waals surface area (Å²) in [5.41, 5.74) is 0.821. The molecule has 0 saturated heterocycles. The second kappa shape index (κ2) is 5.67. The van der Waals surface area contributed by atoms with Gasteiger partial charge in [-0.05, 0) is 24.7 Å². The van der Waals surface area contributed by atoms with E-state index in [0.29, 0.717) is 0 Å². The molecule has 0 aliphatic heterocycles. The van der Waals surface area contributed by atoms with Crippen molar-refractivity contribution in [2.45, 2.75) is 32.1 Å². The van der Waals surface area contributed by atoms with Crippen LogP contribution in [0.1, 0.15) is 37.8 Å². The van der Waals surface area contributed by atoms with Crippen LogP contribution >= 0.6 is 0 Å². The molecule has 0 amide bonds. The molecule has 0 spiro atoms. The van der Waals surface area contributed by atoms with Crippen molar-refractivity contribution in [3.63, 3.8) is 0 Å². The number of nitrogens with zero attached hydrogens (tertiary/aromatic N) is 3. The fourth-order valence-electron chi connectivity index (χ4n) is 2.16. The van der Waals surface area contributed by atoms with Gasteiger partial charge in [-0.15, -0.1) is 0 Å². The molecule has 1 aliphatic rings. The van der Waals surface area contributed by atoms with E-state index >= 15 is 0 Å². The van der Waals surface area contributed by atoms with Gasteiger partial charge in [-0.25, -0.2) is 9.97 Å². The van der Waals surface area contributed by atoms with E-state index < -0.39 is 0 Å². The number of hydrogen-bond donors (Lipinski definition) is 0. The van der Waals surface area contributed by atoms with Gasteiger partial charge in [0, 0.05) is 26.6 Å². The highest BCUT2D eigenvalue weighted by Crippen LogP contribution is 2.26. The summed E-state index contributed by atoms with van der Waals surface area (Å²) in [5.74, 6) is 8.11. The SMILES string of the molecule is CN(C)c1cc(C#CCC2CCCC2)ncn1. The maximum atomic E-state index is 4.17. The first kappa shape index (κ1) is 11.9. The van der Waals surface area contributed by atoms with Crippen LogP contribution < -0.4 is 4.90 Å². The number of rotatable bonds is 2. The zero-order valence-corrected chi connectivity index (χ0v) is 10.6. The fraction of sp³-hybridized carbons (Fsp3) is 0.571. The lowest BCUT2D eigenvalue weighted by Crippen LogP contribution is -2.10. The zero-order valence-electron chi connectivity index (χ0n) is 10.6. The van der Waals surface area contributed by atoms with Gasteiger partial charge in [0.05, 0.1) is 0 Å². The quantitative estimate of drug-likeness (QED) is 0.729. The number of hydrogen-bond acceptors (Lipinski definition) is 3. The second-order valence-corrected chi connectivity index (χ2v) is 4.81. The van der Waals surface area contributed by atoms with Gasteiger partial charge < -0.3 is 4.90 Å². The van der Waals surface area contributed by atoms with Gasteiger partial charge >= 0.3 is 0 Å². The maximum absolute atomic E-state index is 4.17. The smallest absolute Gasteiger partial charge is 0.132 e. The summed E-state index contributed by atoms with van der Waals surface area (Å²) in [7, 11) is 3.94. The Morgan fingerprint density at radius 1 is 1.29 bits per heavy atom. The van der Waals surface area contributed by atoms with Crippen LogP contribution in [0.2, 0.25) is 0 Å². The van der Waals surface area contributed by atoms with Crippen LogP contribution in [0.5, 0.6) is 0 Å². The van der Waals surface area contributed by atoms with E-state index in [0.717, 1.165) is 23.9 Å². The minimum Gasteiger partial charge on any atom is -0.363 e. The van der Waals surface area contributed by atoms with Crippen molar-refractivity contribution >= 4 is 5.82 Å². The standard InChI is InChI=1S/C14H19N3/c1-17(2)14-10-13(15-11-16-14)9-5-8-12-6-3-4-7-12/h10-12H,3-4,6-8H2,1-2H3. The third kappa shape index (κ3) is 3.45. The largest absolute Gasteiger partial charge is 0.363 e. The van der Waals surface area contributed by atoms with Crippen LogP contribution in [0.4, 0.5) is 5.82 Å². The Hall–Kier alpha value is -1.56. The van der Waals surface area contributed by atoms with Gasteiger partial charge in [0.15, 0.2) is 0 Å². The van der Waals surface area contributed by atoms with E-state index in [-0.39, 0.29) is 0 Å². The van der Waals surface area contributed by atoms with Gasteiger partial charge in [-0.2, -0.15) is 0 Å². The second-order valence-electron chi connectivity index (χ2n) is 4.81. The fourth-order valence-corrected chi connectivity index (χ4v) is 2.16. The van der Waals surface area contributed by atoms with Crippen molar-refractivity contribution in [2.75, 3.05) is 19.0 Å². The molecule has 1 aliphatic carbocycles. The molecular formula is C14H19N3. The molecule has 1 aromatic rings. The van der Waals surface area contributed by atoms with Crippen LogP contribution in [-0.2, 0) is 0 Å². The Morgan fingerprint density at radius 2 is 2.06 bits per heavy atom. The van der Waals surface area contributed by atoms with E-state index in [1.165, 1.54) is 25.7 Å².